The van der Waals surface area contributed by atoms with E-state index in [0.717, 1.165) is 0 Å². The van der Waals surface area contributed by atoms with Gasteiger partial charge in [-0.2, -0.15) is 0 Å². The predicted octanol–water partition coefficient (Wildman–Crippen LogP) is 3.71. The smallest absolute Gasteiger partial charge is 0.129 e. The molecule has 3 nitrogen and oxygen atoms in total. The van der Waals surface area contributed by atoms with Crippen molar-refractivity contribution >= 4 is 39.1 Å². The molecule has 0 saturated carbocycles. The maximum atomic E-state index is 9.12. The highest BCUT2D eigenvalue weighted by Gasteiger charge is 2.10. The van der Waals surface area contributed by atoms with Crippen molar-refractivity contribution in [3.8, 4) is 11.3 Å². The Morgan fingerprint density at radius 1 is 1.29 bits per heavy atom. The van der Waals surface area contributed by atoms with Crippen LogP contribution in [0.5, 0.6) is 0 Å². The average Bonchev–Trinajstić information content (AvgIpc) is 2.34. The quantitative estimate of drug-likeness (QED) is 0.911. The fourth-order valence-electron chi connectivity index (χ4n) is 1.34. The summed E-state index contributed by atoms with van der Waals surface area (Å²) in [7, 11) is 0. The zero-order chi connectivity index (χ0) is 12.4. The van der Waals surface area contributed by atoms with Gasteiger partial charge in [0.2, 0.25) is 0 Å². The van der Waals surface area contributed by atoms with Gasteiger partial charge in [0.15, 0.2) is 0 Å². The minimum Gasteiger partial charge on any atom is -0.390 e. The summed E-state index contributed by atoms with van der Waals surface area (Å²) in [6, 6.07) is 5.28. The normalized spacial score (nSPS) is 10.6. The van der Waals surface area contributed by atoms with Gasteiger partial charge in [-0.25, -0.2) is 9.97 Å². The first-order chi connectivity index (χ1) is 8.13. The number of benzene rings is 1. The van der Waals surface area contributed by atoms with Crippen molar-refractivity contribution < 1.29 is 5.11 Å². The molecule has 0 aliphatic rings. The van der Waals surface area contributed by atoms with Gasteiger partial charge in [-0.15, -0.1) is 0 Å². The molecule has 6 heteroatoms. The molecule has 1 aromatic carbocycles. The minimum atomic E-state index is -0.195. The molecule has 0 fully saturated rings. The Morgan fingerprint density at radius 3 is 2.76 bits per heavy atom. The fourth-order valence-corrected chi connectivity index (χ4v) is 2.06. The third kappa shape index (κ3) is 2.60. The van der Waals surface area contributed by atoms with E-state index < -0.39 is 0 Å². The minimum absolute atomic E-state index is 0.195. The van der Waals surface area contributed by atoms with Crippen molar-refractivity contribution in [2.45, 2.75) is 6.61 Å². The molecule has 0 aliphatic carbocycles. The van der Waals surface area contributed by atoms with Gasteiger partial charge in [-0.05, 0) is 22.0 Å². The Kier molecular flexibility index (Phi) is 3.99. The Balaban J connectivity index is 2.57. The van der Waals surface area contributed by atoms with Crippen LogP contribution in [0.2, 0.25) is 10.0 Å². The van der Waals surface area contributed by atoms with Crippen molar-refractivity contribution in [2.24, 2.45) is 0 Å². The highest BCUT2D eigenvalue weighted by molar-refractivity contribution is 9.10. The lowest BCUT2D eigenvalue weighted by atomic mass is 10.1. The number of nitrogens with zero attached hydrogens (tertiary/aromatic N) is 2. The summed E-state index contributed by atoms with van der Waals surface area (Å²) in [6.45, 7) is -0.195. The molecule has 1 heterocycles. The molecule has 2 aromatic rings. The number of aliphatic hydroxyl groups is 1. The topological polar surface area (TPSA) is 46.0 Å². The van der Waals surface area contributed by atoms with E-state index in [1.165, 1.54) is 0 Å². The monoisotopic (exact) mass is 332 g/mol. The molecule has 0 spiro atoms. The molecule has 0 atom stereocenters. The second kappa shape index (κ2) is 5.31. The number of aromatic nitrogens is 2. The molecule has 1 N–H and O–H groups in total. The third-order valence-corrected chi connectivity index (χ3v) is 3.65. The summed E-state index contributed by atoms with van der Waals surface area (Å²) in [6.07, 6.45) is 1.57. The van der Waals surface area contributed by atoms with Gasteiger partial charge in [-0.3, -0.25) is 0 Å². The molecular weight excluding hydrogens is 327 g/mol. The van der Waals surface area contributed by atoms with Crippen LogP contribution in [0.15, 0.2) is 29.0 Å². The van der Waals surface area contributed by atoms with E-state index in [1.54, 1.807) is 24.4 Å². The number of hydrogen-bond acceptors (Lipinski definition) is 3. The standard InChI is InChI=1S/C11H7BrCl2N2O/c12-11-9(5-17)16-8(4-15-11)6-2-1-3-7(13)10(6)14/h1-4,17H,5H2. The first kappa shape index (κ1) is 12.8. The summed E-state index contributed by atoms with van der Waals surface area (Å²) in [5.41, 5.74) is 1.72. The van der Waals surface area contributed by atoms with E-state index in [-0.39, 0.29) is 6.61 Å². The molecule has 0 amide bonds. The van der Waals surface area contributed by atoms with Crippen LogP contribution in [-0.4, -0.2) is 15.1 Å². The Labute approximate surface area is 117 Å². The lowest BCUT2D eigenvalue weighted by molar-refractivity contribution is 0.275. The van der Waals surface area contributed by atoms with Crippen LogP contribution in [0.1, 0.15) is 5.69 Å². The van der Waals surface area contributed by atoms with Gasteiger partial charge in [0.05, 0.1) is 34.2 Å². The summed E-state index contributed by atoms with van der Waals surface area (Å²) in [5.74, 6) is 0. The second-order valence-electron chi connectivity index (χ2n) is 3.25. The summed E-state index contributed by atoms with van der Waals surface area (Å²) in [4.78, 5) is 8.35. The number of aliphatic hydroxyl groups excluding tert-OH is 1. The highest BCUT2D eigenvalue weighted by atomic mass is 79.9. The molecule has 0 unspecified atom stereocenters. The average molecular weight is 334 g/mol. The van der Waals surface area contributed by atoms with E-state index >= 15 is 0 Å². The maximum absolute atomic E-state index is 9.12. The van der Waals surface area contributed by atoms with E-state index in [0.29, 0.717) is 31.6 Å². The Hall–Kier alpha value is -0.680. The largest absolute Gasteiger partial charge is 0.390 e. The zero-order valence-electron chi connectivity index (χ0n) is 8.49. The molecular formula is C11H7BrCl2N2O. The summed E-state index contributed by atoms with van der Waals surface area (Å²) < 4.78 is 0.516. The van der Waals surface area contributed by atoms with E-state index in [4.69, 9.17) is 28.3 Å². The number of halogens is 3. The molecule has 1 aromatic heterocycles. The van der Waals surface area contributed by atoms with Crippen molar-refractivity contribution in [1.29, 1.82) is 0 Å². The van der Waals surface area contributed by atoms with Crippen LogP contribution >= 0.6 is 39.1 Å². The molecule has 0 bridgehead atoms. The Morgan fingerprint density at radius 2 is 2.06 bits per heavy atom. The van der Waals surface area contributed by atoms with Crippen LogP contribution in [-0.2, 0) is 6.61 Å². The number of hydrogen-bond donors (Lipinski definition) is 1. The van der Waals surface area contributed by atoms with Crippen LogP contribution in [0.25, 0.3) is 11.3 Å². The maximum Gasteiger partial charge on any atom is 0.129 e. The van der Waals surface area contributed by atoms with Crippen molar-refractivity contribution in [1.82, 2.24) is 9.97 Å². The first-order valence-corrected chi connectivity index (χ1v) is 6.25. The molecule has 2 rings (SSSR count). The van der Waals surface area contributed by atoms with Gasteiger partial charge in [-0.1, -0.05) is 35.3 Å². The van der Waals surface area contributed by atoms with Crippen LogP contribution in [0, 0.1) is 0 Å². The summed E-state index contributed by atoms with van der Waals surface area (Å²) >= 11 is 15.2. The van der Waals surface area contributed by atoms with Crippen molar-refractivity contribution in [3.05, 3.63) is 44.7 Å². The van der Waals surface area contributed by atoms with Gasteiger partial charge in [0.1, 0.15) is 4.60 Å². The lowest BCUT2D eigenvalue weighted by Gasteiger charge is -2.07. The summed E-state index contributed by atoms with van der Waals surface area (Å²) in [5, 5.41) is 10.0. The molecule has 0 saturated heterocycles. The second-order valence-corrected chi connectivity index (χ2v) is 4.79. The molecule has 88 valence electrons. The first-order valence-electron chi connectivity index (χ1n) is 4.70. The van der Waals surface area contributed by atoms with Gasteiger partial charge in [0.25, 0.3) is 0 Å². The predicted molar refractivity (Wildman–Crippen MR) is 71.1 cm³/mol. The van der Waals surface area contributed by atoms with Crippen LogP contribution in [0.3, 0.4) is 0 Å². The van der Waals surface area contributed by atoms with Crippen molar-refractivity contribution in [3.63, 3.8) is 0 Å². The molecule has 0 radical (unpaired) electrons. The van der Waals surface area contributed by atoms with Crippen LogP contribution in [0.4, 0.5) is 0 Å². The zero-order valence-corrected chi connectivity index (χ0v) is 11.6. The van der Waals surface area contributed by atoms with Gasteiger partial charge in [0, 0.05) is 5.56 Å². The molecule has 0 aliphatic heterocycles. The van der Waals surface area contributed by atoms with E-state index in [9.17, 15) is 0 Å². The lowest BCUT2D eigenvalue weighted by Crippen LogP contribution is -1.96. The van der Waals surface area contributed by atoms with E-state index in [2.05, 4.69) is 25.9 Å². The Bertz CT molecular complexity index is 563. The van der Waals surface area contributed by atoms with Crippen LogP contribution < -0.4 is 0 Å². The fraction of sp³-hybridized carbons (Fsp3) is 0.0909. The number of rotatable bonds is 2. The van der Waals surface area contributed by atoms with E-state index in [1.807, 2.05) is 0 Å². The third-order valence-electron chi connectivity index (χ3n) is 2.17. The van der Waals surface area contributed by atoms with Gasteiger partial charge < -0.3 is 5.11 Å². The molecule has 17 heavy (non-hydrogen) atoms. The highest BCUT2D eigenvalue weighted by Crippen LogP contribution is 2.32. The van der Waals surface area contributed by atoms with Gasteiger partial charge >= 0.3 is 0 Å². The van der Waals surface area contributed by atoms with Crippen molar-refractivity contribution in [2.75, 3.05) is 0 Å². The SMILES string of the molecule is OCc1nc(-c2cccc(Cl)c2Cl)cnc1Br.